The summed E-state index contributed by atoms with van der Waals surface area (Å²) in [4.78, 5) is 2.24. The summed E-state index contributed by atoms with van der Waals surface area (Å²) in [6.45, 7) is 4.73. The highest BCUT2D eigenvalue weighted by Crippen LogP contribution is 2.24. The van der Waals surface area contributed by atoms with Crippen LogP contribution in [0.1, 0.15) is 17.2 Å². The van der Waals surface area contributed by atoms with E-state index in [9.17, 15) is 4.39 Å². The molecule has 112 valence electrons. The van der Waals surface area contributed by atoms with Gasteiger partial charge >= 0.3 is 0 Å². The number of hydrogen-bond donors (Lipinski definition) is 0. The molecule has 4 nitrogen and oxygen atoms in total. The van der Waals surface area contributed by atoms with Crippen molar-refractivity contribution in [1.82, 2.24) is 4.90 Å². The van der Waals surface area contributed by atoms with E-state index in [1.54, 1.807) is 27.2 Å². The lowest BCUT2D eigenvalue weighted by atomic mass is 10.0. The largest absolute Gasteiger partial charge is 0.371 e. The average Bonchev–Trinajstić information content (AvgIpc) is 2.48. The summed E-state index contributed by atoms with van der Waals surface area (Å²) >= 11 is 0. The van der Waals surface area contributed by atoms with E-state index >= 15 is 0 Å². The normalized spacial score (nSPS) is 20.6. The standard InChI is InChI=1S/C15H22FNO3/c1-11-8-12(4-5-13(11)16)14-9-17(6-7-20-14)10-15(18-2)19-3/h4-5,8,14-15H,6-7,9-10H2,1-3H3/t14-/m1/s1. The lowest BCUT2D eigenvalue weighted by Crippen LogP contribution is -2.43. The van der Waals surface area contributed by atoms with Crippen LogP contribution < -0.4 is 0 Å². The van der Waals surface area contributed by atoms with Gasteiger partial charge in [-0.25, -0.2) is 4.39 Å². The molecule has 0 aliphatic carbocycles. The number of aryl methyl sites for hydroxylation is 1. The second-order valence-corrected chi connectivity index (χ2v) is 5.03. The fraction of sp³-hybridized carbons (Fsp3) is 0.600. The van der Waals surface area contributed by atoms with Crippen LogP contribution in [0.5, 0.6) is 0 Å². The molecule has 0 saturated carbocycles. The first-order valence-electron chi connectivity index (χ1n) is 6.79. The zero-order chi connectivity index (χ0) is 14.5. The molecule has 1 aromatic carbocycles. The number of morpholine rings is 1. The molecular formula is C15H22FNO3. The monoisotopic (exact) mass is 283 g/mol. The van der Waals surface area contributed by atoms with Gasteiger partial charge in [-0.05, 0) is 24.1 Å². The second kappa shape index (κ2) is 7.13. The molecule has 1 aliphatic heterocycles. The molecule has 5 heteroatoms. The number of methoxy groups -OCH3 is 2. The highest BCUT2D eigenvalue weighted by Gasteiger charge is 2.24. The lowest BCUT2D eigenvalue weighted by Gasteiger charge is -2.34. The van der Waals surface area contributed by atoms with Crippen molar-refractivity contribution < 1.29 is 18.6 Å². The van der Waals surface area contributed by atoms with Crippen molar-refractivity contribution in [2.45, 2.75) is 19.3 Å². The Morgan fingerprint density at radius 1 is 1.40 bits per heavy atom. The number of ether oxygens (including phenoxy) is 3. The van der Waals surface area contributed by atoms with Crippen LogP contribution >= 0.6 is 0 Å². The van der Waals surface area contributed by atoms with Crippen LogP contribution in [0.4, 0.5) is 4.39 Å². The molecule has 0 unspecified atom stereocenters. The van der Waals surface area contributed by atoms with Crippen LogP contribution in [-0.2, 0) is 14.2 Å². The van der Waals surface area contributed by atoms with Crippen LogP contribution in [0, 0.1) is 12.7 Å². The highest BCUT2D eigenvalue weighted by molar-refractivity contribution is 5.26. The summed E-state index contributed by atoms with van der Waals surface area (Å²) < 4.78 is 29.6. The van der Waals surface area contributed by atoms with Crippen LogP contribution in [-0.4, -0.2) is 51.7 Å². The molecule has 1 atom stereocenters. The number of nitrogens with zero attached hydrogens (tertiary/aromatic N) is 1. The first kappa shape index (κ1) is 15.4. The van der Waals surface area contributed by atoms with Crippen molar-refractivity contribution in [1.29, 1.82) is 0 Å². The van der Waals surface area contributed by atoms with Gasteiger partial charge in [-0.15, -0.1) is 0 Å². The Labute approximate surface area is 119 Å². The van der Waals surface area contributed by atoms with Gasteiger partial charge in [0.05, 0.1) is 12.7 Å². The van der Waals surface area contributed by atoms with Crippen LogP contribution in [0.25, 0.3) is 0 Å². The maximum Gasteiger partial charge on any atom is 0.169 e. The summed E-state index contributed by atoms with van der Waals surface area (Å²) in [5.41, 5.74) is 1.66. The maximum atomic E-state index is 13.3. The number of hydrogen-bond acceptors (Lipinski definition) is 4. The van der Waals surface area contributed by atoms with Gasteiger partial charge in [-0.3, -0.25) is 4.90 Å². The Morgan fingerprint density at radius 2 is 2.15 bits per heavy atom. The Balaban J connectivity index is 2.00. The Hall–Kier alpha value is -1.01. The van der Waals surface area contributed by atoms with Crippen LogP contribution in [0.2, 0.25) is 0 Å². The molecule has 0 N–H and O–H groups in total. The predicted octanol–water partition coefficient (Wildman–Crippen LogP) is 2.13. The third kappa shape index (κ3) is 3.76. The molecule has 1 fully saturated rings. The molecule has 1 heterocycles. The van der Waals surface area contributed by atoms with Crippen molar-refractivity contribution in [2.75, 3.05) is 40.5 Å². The minimum absolute atomic E-state index is 0.0302. The van der Waals surface area contributed by atoms with Crippen molar-refractivity contribution in [3.63, 3.8) is 0 Å². The van der Waals surface area contributed by atoms with Crippen molar-refractivity contribution >= 4 is 0 Å². The third-order valence-electron chi connectivity index (χ3n) is 3.64. The van der Waals surface area contributed by atoms with E-state index in [4.69, 9.17) is 14.2 Å². The van der Waals surface area contributed by atoms with E-state index in [0.717, 1.165) is 18.7 Å². The third-order valence-corrected chi connectivity index (χ3v) is 3.64. The summed E-state index contributed by atoms with van der Waals surface area (Å²) in [6.07, 6.45) is -0.263. The average molecular weight is 283 g/mol. The molecule has 0 bridgehead atoms. The van der Waals surface area contributed by atoms with Crippen LogP contribution in [0.15, 0.2) is 18.2 Å². The summed E-state index contributed by atoms with van der Waals surface area (Å²) in [7, 11) is 3.27. The molecule has 0 amide bonds. The Kier molecular flexibility index (Phi) is 5.48. The van der Waals surface area contributed by atoms with Gasteiger partial charge in [0.1, 0.15) is 5.82 Å². The second-order valence-electron chi connectivity index (χ2n) is 5.03. The molecular weight excluding hydrogens is 261 g/mol. The van der Waals surface area contributed by atoms with Crippen molar-refractivity contribution in [3.8, 4) is 0 Å². The fourth-order valence-electron chi connectivity index (χ4n) is 2.39. The summed E-state index contributed by atoms with van der Waals surface area (Å²) in [5.74, 6) is -0.180. The van der Waals surface area contributed by atoms with Gasteiger partial charge in [-0.1, -0.05) is 12.1 Å². The minimum atomic E-state index is -0.233. The fourth-order valence-corrected chi connectivity index (χ4v) is 2.39. The molecule has 0 spiro atoms. The van der Waals surface area contributed by atoms with Gasteiger partial charge in [-0.2, -0.15) is 0 Å². The first-order valence-corrected chi connectivity index (χ1v) is 6.79. The predicted molar refractivity (Wildman–Crippen MR) is 74.1 cm³/mol. The molecule has 0 aromatic heterocycles. The molecule has 1 saturated heterocycles. The van der Waals surface area contributed by atoms with E-state index in [1.165, 1.54) is 6.07 Å². The van der Waals surface area contributed by atoms with Gasteiger partial charge in [0.2, 0.25) is 0 Å². The first-order chi connectivity index (χ1) is 9.63. The van der Waals surface area contributed by atoms with Crippen molar-refractivity contribution in [3.05, 3.63) is 35.1 Å². The topological polar surface area (TPSA) is 30.9 Å². The Bertz CT molecular complexity index is 437. The van der Waals surface area contributed by atoms with E-state index < -0.39 is 0 Å². The SMILES string of the molecule is COC(CN1CCO[C@@H](c2ccc(F)c(C)c2)C1)OC. The van der Waals surface area contributed by atoms with Gasteiger partial charge < -0.3 is 14.2 Å². The molecule has 1 aromatic rings. The quantitative estimate of drug-likeness (QED) is 0.775. The summed E-state index contributed by atoms with van der Waals surface area (Å²) in [5, 5.41) is 0. The Morgan fingerprint density at radius 3 is 2.80 bits per heavy atom. The van der Waals surface area contributed by atoms with Gasteiger partial charge in [0, 0.05) is 33.9 Å². The highest BCUT2D eigenvalue weighted by atomic mass is 19.1. The summed E-state index contributed by atoms with van der Waals surface area (Å²) in [6, 6.07) is 5.15. The number of rotatable bonds is 5. The van der Waals surface area contributed by atoms with Gasteiger partial charge in [0.15, 0.2) is 6.29 Å². The van der Waals surface area contributed by atoms with E-state index in [2.05, 4.69) is 4.90 Å². The maximum absolute atomic E-state index is 13.3. The smallest absolute Gasteiger partial charge is 0.169 e. The molecule has 20 heavy (non-hydrogen) atoms. The minimum Gasteiger partial charge on any atom is -0.371 e. The zero-order valence-corrected chi connectivity index (χ0v) is 12.3. The van der Waals surface area contributed by atoms with E-state index in [-0.39, 0.29) is 18.2 Å². The molecule has 0 radical (unpaired) electrons. The van der Waals surface area contributed by atoms with Gasteiger partial charge in [0.25, 0.3) is 0 Å². The van der Waals surface area contributed by atoms with Crippen molar-refractivity contribution in [2.24, 2.45) is 0 Å². The number of benzene rings is 1. The van der Waals surface area contributed by atoms with E-state index in [0.29, 0.717) is 18.7 Å². The number of halogens is 1. The molecule has 2 rings (SSSR count). The lowest BCUT2D eigenvalue weighted by molar-refractivity contribution is -0.131. The van der Waals surface area contributed by atoms with Crippen LogP contribution in [0.3, 0.4) is 0 Å². The zero-order valence-electron chi connectivity index (χ0n) is 12.3. The van der Waals surface area contributed by atoms with E-state index in [1.807, 2.05) is 6.07 Å². The molecule has 1 aliphatic rings.